The Morgan fingerprint density at radius 1 is 1.48 bits per heavy atom. The molecule has 0 unspecified atom stereocenters. The fourth-order valence-corrected chi connectivity index (χ4v) is 4.04. The Kier molecular flexibility index (Phi) is 3.52. The summed E-state index contributed by atoms with van der Waals surface area (Å²) in [5.41, 5.74) is 0.463. The van der Waals surface area contributed by atoms with Gasteiger partial charge in [-0.1, -0.05) is 13.3 Å². The fourth-order valence-electron chi connectivity index (χ4n) is 2.73. The Balaban J connectivity index is 1.82. The van der Waals surface area contributed by atoms with Gasteiger partial charge in [-0.15, -0.1) is 0 Å². The number of carbonyl (C=O) groups is 1. The molecule has 116 valence electrons. The average molecular weight is 332 g/mol. The van der Waals surface area contributed by atoms with Crippen molar-refractivity contribution >= 4 is 25.6 Å². The van der Waals surface area contributed by atoms with E-state index < -0.39 is 15.0 Å². The summed E-state index contributed by atoms with van der Waals surface area (Å²) in [7, 11) is 1.49. The highest BCUT2D eigenvalue weighted by Gasteiger charge is 2.37. The second-order valence-corrected chi connectivity index (χ2v) is 8.88. The summed E-state index contributed by atoms with van der Waals surface area (Å²) < 4.78 is 23.5. The van der Waals surface area contributed by atoms with E-state index in [-0.39, 0.29) is 21.9 Å². The van der Waals surface area contributed by atoms with E-state index >= 15 is 0 Å². The number of halogens is 1. The molecule has 2 aliphatic rings. The molecule has 6 nitrogen and oxygen atoms in total. The summed E-state index contributed by atoms with van der Waals surface area (Å²) in [5.74, 6) is -0.364. The van der Waals surface area contributed by atoms with Crippen LogP contribution < -0.4 is 5.32 Å². The lowest BCUT2D eigenvalue weighted by atomic mass is 9.70. The number of hydrogen-bond donors (Lipinski definition) is 2. The number of rotatable bonds is 5. The van der Waals surface area contributed by atoms with Crippen LogP contribution in [0, 0.1) is 5.41 Å². The Bertz CT molecular complexity index is 675. The number of nitrogens with zero attached hydrogens (tertiary/aromatic N) is 1. The molecule has 8 heteroatoms. The molecule has 0 radical (unpaired) electrons. The maximum Gasteiger partial charge on any atom is 0.273 e. The zero-order valence-corrected chi connectivity index (χ0v) is 13.4. The maximum atomic E-state index is 12.2. The van der Waals surface area contributed by atoms with Crippen LogP contribution in [0.15, 0.2) is 4.90 Å². The first kappa shape index (κ1) is 14.8. The van der Waals surface area contributed by atoms with Crippen LogP contribution in [0.3, 0.4) is 0 Å². The summed E-state index contributed by atoms with van der Waals surface area (Å²) in [6.07, 6.45) is 5.09. The van der Waals surface area contributed by atoms with E-state index in [4.69, 9.17) is 10.7 Å². The molecule has 0 aliphatic heterocycles. The van der Waals surface area contributed by atoms with Gasteiger partial charge in [0, 0.05) is 23.1 Å². The van der Waals surface area contributed by atoms with Crippen molar-refractivity contribution in [2.45, 2.75) is 49.8 Å². The van der Waals surface area contributed by atoms with E-state index in [0.29, 0.717) is 12.2 Å². The van der Waals surface area contributed by atoms with Crippen molar-refractivity contribution in [2.24, 2.45) is 5.41 Å². The zero-order chi connectivity index (χ0) is 15.3. The molecule has 1 aromatic heterocycles. The van der Waals surface area contributed by atoms with Gasteiger partial charge in [0.2, 0.25) is 0 Å². The first-order valence-electron chi connectivity index (χ1n) is 7.11. The minimum atomic E-state index is -4.00. The Morgan fingerprint density at radius 3 is 2.62 bits per heavy atom. The van der Waals surface area contributed by atoms with Crippen molar-refractivity contribution in [3.8, 4) is 0 Å². The monoisotopic (exact) mass is 331 g/mol. The minimum Gasteiger partial charge on any atom is -0.350 e. The van der Waals surface area contributed by atoms with Crippen LogP contribution >= 0.6 is 10.7 Å². The molecule has 0 bridgehead atoms. The van der Waals surface area contributed by atoms with E-state index in [9.17, 15) is 13.2 Å². The van der Waals surface area contributed by atoms with Gasteiger partial charge in [0.15, 0.2) is 5.69 Å². The lowest BCUT2D eigenvalue weighted by molar-refractivity contribution is 0.0882. The van der Waals surface area contributed by atoms with Crippen LogP contribution in [0.25, 0.3) is 0 Å². The molecule has 0 saturated heterocycles. The van der Waals surface area contributed by atoms with E-state index in [1.165, 1.54) is 6.42 Å². The third-order valence-corrected chi connectivity index (χ3v) is 5.79. The lowest BCUT2D eigenvalue weighted by Crippen LogP contribution is -2.40. The third-order valence-electron chi connectivity index (χ3n) is 4.43. The second-order valence-electron chi connectivity index (χ2n) is 6.37. The van der Waals surface area contributed by atoms with Gasteiger partial charge >= 0.3 is 0 Å². The highest BCUT2D eigenvalue weighted by atomic mass is 35.7. The lowest BCUT2D eigenvalue weighted by Gasteiger charge is -2.38. The van der Waals surface area contributed by atoms with Crippen molar-refractivity contribution in [2.75, 3.05) is 6.54 Å². The molecular weight excluding hydrogens is 314 g/mol. The molecule has 0 spiro atoms. The van der Waals surface area contributed by atoms with Gasteiger partial charge in [-0.05, 0) is 31.1 Å². The maximum absolute atomic E-state index is 12.2. The van der Waals surface area contributed by atoms with Crippen LogP contribution in [-0.4, -0.2) is 31.1 Å². The largest absolute Gasteiger partial charge is 0.350 e. The highest BCUT2D eigenvalue weighted by molar-refractivity contribution is 8.13. The van der Waals surface area contributed by atoms with Crippen molar-refractivity contribution in [1.82, 2.24) is 15.5 Å². The molecule has 1 aromatic rings. The molecule has 0 aromatic carbocycles. The molecular formula is C13H18ClN3O3S. The van der Waals surface area contributed by atoms with Crippen LogP contribution in [0.5, 0.6) is 0 Å². The summed E-state index contributed by atoms with van der Waals surface area (Å²) in [6.45, 7) is 2.63. The number of hydrogen-bond acceptors (Lipinski definition) is 4. The van der Waals surface area contributed by atoms with Crippen LogP contribution in [0.1, 0.15) is 61.1 Å². The fraction of sp³-hybridized carbons (Fsp3) is 0.692. The molecule has 3 rings (SSSR count). The molecule has 2 aliphatic carbocycles. The van der Waals surface area contributed by atoms with E-state index in [2.05, 4.69) is 22.4 Å². The molecule has 2 N–H and O–H groups in total. The molecule has 2 saturated carbocycles. The SMILES string of the molecule is CC1(CNC(=O)c2n[nH]c(C3CC3)c2S(=O)(=O)Cl)CCC1. The van der Waals surface area contributed by atoms with E-state index in [1.54, 1.807) is 0 Å². The first-order valence-corrected chi connectivity index (χ1v) is 9.42. The number of nitrogens with one attached hydrogen (secondary N) is 2. The highest BCUT2D eigenvalue weighted by Crippen LogP contribution is 2.43. The van der Waals surface area contributed by atoms with Crippen molar-refractivity contribution in [3.05, 3.63) is 11.4 Å². The van der Waals surface area contributed by atoms with E-state index in [0.717, 1.165) is 25.7 Å². The topological polar surface area (TPSA) is 91.9 Å². The van der Waals surface area contributed by atoms with E-state index in [1.807, 2.05) is 0 Å². The minimum absolute atomic E-state index is 0.116. The normalized spacial score (nSPS) is 20.9. The molecule has 2 fully saturated rings. The van der Waals surface area contributed by atoms with Gasteiger partial charge in [0.25, 0.3) is 15.0 Å². The average Bonchev–Trinajstić information content (AvgIpc) is 3.10. The van der Waals surface area contributed by atoms with Crippen LogP contribution in [-0.2, 0) is 9.05 Å². The number of aromatic nitrogens is 2. The molecule has 0 atom stereocenters. The molecule has 1 amide bonds. The third kappa shape index (κ3) is 2.94. The molecule has 1 heterocycles. The van der Waals surface area contributed by atoms with Gasteiger partial charge in [-0.2, -0.15) is 5.10 Å². The van der Waals surface area contributed by atoms with Gasteiger partial charge in [0.05, 0.1) is 5.69 Å². The zero-order valence-electron chi connectivity index (χ0n) is 11.8. The Morgan fingerprint density at radius 2 is 2.14 bits per heavy atom. The van der Waals surface area contributed by atoms with Crippen LogP contribution in [0.2, 0.25) is 0 Å². The number of carbonyl (C=O) groups excluding carboxylic acids is 1. The van der Waals surface area contributed by atoms with Gasteiger partial charge in [0.1, 0.15) is 4.90 Å². The number of aromatic amines is 1. The summed E-state index contributed by atoms with van der Waals surface area (Å²) in [6, 6.07) is 0. The predicted octanol–water partition coefficient (Wildman–Crippen LogP) is 2.13. The standard InChI is InChI=1S/C13H18ClN3O3S/c1-13(5-2-6-13)7-15-12(18)10-11(21(14,19)20)9(16-17-10)8-3-4-8/h8H,2-7H2,1H3,(H,15,18)(H,16,17). The van der Waals surface area contributed by atoms with Crippen LogP contribution in [0.4, 0.5) is 0 Å². The van der Waals surface area contributed by atoms with Crippen molar-refractivity contribution in [3.63, 3.8) is 0 Å². The second kappa shape index (κ2) is 4.98. The predicted molar refractivity (Wildman–Crippen MR) is 77.9 cm³/mol. The van der Waals surface area contributed by atoms with Gasteiger partial charge in [-0.25, -0.2) is 8.42 Å². The molecule has 21 heavy (non-hydrogen) atoms. The number of amides is 1. The summed E-state index contributed by atoms with van der Waals surface area (Å²) in [4.78, 5) is 12.1. The van der Waals surface area contributed by atoms with Crippen molar-refractivity contribution in [1.29, 1.82) is 0 Å². The number of H-pyrrole nitrogens is 1. The quantitative estimate of drug-likeness (QED) is 0.808. The van der Waals surface area contributed by atoms with Gasteiger partial charge in [-0.3, -0.25) is 9.89 Å². The Labute approximate surface area is 128 Å². The van der Waals surface area contributed by atoms with Crippen molar-refractivity contribution < 1.29 is 13.2 Å². The first-order chi connectivity index (χ1) is 9.80. The summed E-state index contributed by atoms with van der Waals surface area (Å²) in [5, 5.41) is 9.34. The summed E-state index contributed by atoms with van der Waals surface area (Å²) >= 11 is 0. The van der Waals surface area contributed by atoms with Gasteiger partial charge < -0.3 is 5.32 Å². The smallest absolute Gasteiger partial charge is 0.273 e. The Hall–Kier alpha value is -1.08.